The average Bonchev–Trinajstić information content (AvgIpc) is 2.65. The Labute approximate surface area is 79.6 Å². The minimum absolute atomic E-state index is 0.177. The van der Waals surface area contributed by atoms with Crippen molar-refractivity contribution in [2.24, 2.45) is 7.05 Å². The van der Waals surface area contributed by atoms with Crippen molar-refractivity contribution in [1.29, 1.82) is 0 Å². The van der Waals surface area contributed by atoms with Gasteiger partial charge in [0.1, 0.15) is 11.4 Å². The number of fused-ring (bicyclic) bond motifs is 1. The highest BCUT2D eigenvalue weighted by molar-refractivity contribution is 5.86. The lowest BCUT2D eigenvalue weighted by atomic mass is 10.5. The van der Waals surface area contributed by atoms with Gasteiger partial charge in [0, 0.05) is 19.4 Å². The molecule has 1 N–H and O–H groups in total. The first kappa shape index (κ1) is 8.38. The summed E-state index contributed by atoms with van der Waals surface area (Å²) in [5.41, 5.74) is 0.670. The van der Waals surface area contributed by atoms with Crippen molar-refractivity contribution < 1.29 is 9.90 Å². The van der Waals surface area contributed by atoms with Gasteiger partial charge in [-0.2, -0.15) is 0 Å². The third-order valence-corrected chi connectivity index (χ3v) is 2.00. The summed E-state index contributed by atoms with van der Waals surface area (Å²) in [6.07, 6.45) is 8.26. The van der Waals surface area contributed by atoms with E-state index in [9.17, 15) is 4.79 Å². The van der Waals surface area contributed by atoms with Crippen LogP contribution in [0.25, 0.3) is 5.78 Å². The summed E-state index contributed by atoms with van der Waals surface area (Å²) in [4.78, 5) is 14.8. The Hall–Kier alpha value is -2.22. The number of carbonyl (C=O) groups is 1. The van der Waals surface area contributed by atoms with Gasteiger partial charge in [-0.1, -0.05) is 0 Å². The van der Waals surface area contributed by atoms with Crippen LogP contribution < -0.4 is 0 Å². The van der Waals surface area contributed by atoms with Crippen LogP contribution in [0.3, 0.4) is 0 Å². The molecule has 0 unspecified atom stereocenters. The van der Waals surface area contributed by atoms with Gasteiger partial charge in [0.15, 0.2) is 0 Å². The van der Waals surface area contributed by atoms with Crippen molar-refractivity contribution in [3.8, 4) is 12.3 Å². The Morgan fingerprint density at radius 1 is 1.64 bits per heavy atom. The van der Waals surface area contributed by atoms with Crippen LogP contribution in [-0.2, 0) is 7.05 Å². The zero-order valence-electron chi connectivity index (χ0n) is 7.43. The van der Waals surface area contributed by atoms with E-state index in [2.05, 4.69) is 10.9 Å². The lowest BCUT2D eigenvalue weighted by Gasteiger charge is -1.93. The quantitative estimate of drug-likeness (QED) is 0.658. The minimum atomic E-state index is -0.986. The van der Waals surface area contributed by atoms with E-state index in [0.717, 1.165) is 0 Å². The molecule has 0 aliphatic heterocycles. The van der Waals surface area contributed by atoms with Crippen molar-refractivity contribution in [2.75, 3.05) is 0 Å². The number of hydrogen-bond acceptors (Lipinski definition) is 2. The number of carboxylic acids is 1. The molecule has 0 fully saturated rings. The smallest absolute Gasteiger partial charge is 0.354 e. The van der Waals surface area contributed by atoms with E-state index in [1.54, 1.807) is 17.6 Å². The number of terminal acetylenes is 1. The molecular formula is C9H7N3O2. The number of aromatic carboxylic acids is 1. The van der Waals surface area contributed by atoms with Crippen molar-refractivity contribution in [2.45, 2.75) is 0 Å². The van der Waals surface area contributed by atoms with Crippen LogP contribution in [0.4, 0.5) is 0 Å². The summed E-state index contributed by atoms with van der Waals surface area (Å²) in [6, 6.07) is 0. The van der Waals surface area contributed by atoms with Gasteiger partial charge in [0.05, 0.1) is 0 Å². The van der Waals surface area contributed by atoms with Crippen molar-refractivity contribution in [3.05, 3.63) is 23.8 Å². The molecular weight excluding hydrogens is 182 g/mol. The van der Waals surface area contributed by atoms with Gasteiger partial charge in [-0.25, -0.2) is 9.78 Å². The number of rotatable bonds is 1. The summed E-state index contributed by atoms with van der Waals surface area (Å²) in [5.74, 6) is 1.92. The molecule has 5 heteroatoms. The first-order valence-electron chi connectivity index (χ1n) is 3.88. The van der Waals surface area contributed by atoms with Gasteiger partial charge < -0.3 is 9.67 Å². The van der Waals surface area contributed by atoms with Crippen molar-refractivity contribution in [3.63, 3.8) is 0 Å². The molecule has 0 saturated carbocycles. The Balaban J connectivity index is 2.74. The molecule has 0 saturated heterocycles. The average molecular weight is 189 g/mol. The highest BCUT2D eigenvalue weighted by atomic mass is 16.4. The van der Waals surface area contributed by atoms with E-state index in [1.165, 1.54) is 10.8 Å². The first-order valence-corrected chi connectivity index (χ1v) is 3.88. The third kappa shape index (κ3) is 0.977. The van der Waals surface area contributed by atoms with E-state index in [0.29, 0.717) is 11.5 Å². The van der Waals surface area contributed by atoms with E-state index in [4.69, 9.17) is 11.5 Å². The number of hydrogen-bond donors (Lipinski definition) is 1. The summed E-state index contributed by atoms with van der Waals surface area (Å²) in [7, 11) is 1.63. The topological polar surface area (TPSA) is 59.5 Å². The van der Waals surface area contributed by atoms with E-state index < -0.39 is 5.97 Å². The molecule has 0 aliphatic rings. The molecule has 0 radical (unpaired) electrons. The fourth-order valence-corrected chi connectivity index (χ4v) is 1.32. The molecule has 0 amide bonds. The predicted molar refractivity (Wildman–Crippen MR) is 49.1 cm³/mol. The highest BCUT2D eigenvalue weighted by Crippen LogP contribution is 2.09. The van der Waals surface area contributed by atoms with Crippen LogP contribution in [0.5, 0.6) is 0 Å². The predicted octanol–water partition coefficient (Wildman–Crippen LogP) is 0.352. The fraction of sp³-hybridized carbons (Fsp3) is 0.111. The zero-order chi connectivity index (χ0) is 10.3. The molecule has 5 nitrogen and oxygen atoms in total. The zero-order valence-corrected chi connectivity index (χ0v) is 7.43. The standard InChI is InChI=1S/C9H7N3O2/c1-3-6-4-12-5-7(8(13)14)11(2)9(12)10-6/h1,4-5H,2H3,(H,13,14). The van der Waals surface area contributed by atoms with E-state index in [-0.39, 0.29) is 5.69 Å². The number of nitrogens with zero attached hydrogens (tertiary/aromatic N) is 3. The monoisotopic (exact) mass is 189 g/mol. The lowest BCUT2D eigenvalue weighted by molar-refractivity contribution is 0.0687. The number of carboxylic acid groups (broad SMARTS) is 1. The summed E-state index contributed by atoms with van der Waals surface area (Å²) < 4.78 is 3.07. The van der Waals surface area contributed by atoms with E-state index >= 15 is 0 Å². The van der Waals surface area contributed by atoms with Crippen molar-refractivity contribution >= 4 is 11.7 Å². The molecule has 2 aromatic rings. The maximum Gasteiger partial charge on any atom is 0.354 e. The Morgan fingerprint density at radius 3 is 2.86 bits per heavy atom. The molecule has 0 aromatic carbocycles. The number of imidazole rings is 2. The molecule has 2 heterocycles. The van der Waals surface area contributed by atoms with Crippen molar-refractivity contribution in [1.82, 2.24) is 14.0 Å². The highest BCUT2D eigenvalue weighted by Gasteiger charge is 2.13. The molecule has 14 heavy (non-hydrogen) atoms. The molecule has 0 bridgehead atoms. The maximum atomic E-state index is 10.7. The first-order chi connectivity index (χ1) is 6.63. The summed E-state index contributed by atoms with van der Waals surface area (Å²) >= 11 is 0. The maximum absolute atomic E-state index is 10.7. The number of aromatic nitrogens is 3. The van der Waals surface area contributed by atoms with Gasteiger partial charge in [-0.05, 0) is 5.92 Å². The molecule has 0 atom stereocenters. The molecule has 0 spiro atoms. The molecule has 70 valence electrons. The van der Waals surface area contributed by atoms with Crippen LogP contribution in [-0.4, -0.2) is 25.0 Å². The van der Waals surface area contributed by atoms with Gasteiger partial charge in [-0.15, -0.1) is 6.42 Å². The van der Waals surface area contributed by atoms with E-state index in [1.807, 2.05) is 0 Å². The molecule has 0 aliphatic carbocycles. The molecule has 2 rings (SSSR count). The molecule has 2 aromatic heterocycles. The van der Waals surface area contributed by atoms with Crippen LogP contribution >= 0.6 is 0 Å². The van der Waals surface area contributed by atoms with Crippen LogP contribution in [0.15, 0.2) is 12.4 Å². The normalized spacial score (nSPS) is 10.3. The Bertz CT molecular complexity index is 556. The lowest BCUT2D eigenvalue weighted by Crippen LogP contribution is -2.04. The van der Waals surface area contributed by atoms with Gasteiger partial charge >= 0.3 is 5.97 Å². The Kier molecular flexibility index (Phi) is 1.58. The minimum Gasteiger partial charge on any atom is -0.477 e. The largest absolute Gasteiger partial charge is 0.477 e. The van der Waals surface area contributed by atoms with Crippen LogP contribution in [0.2, 0.25) is 0 Å². The van der Waals surface area contributed by atoms with Crippen LogP contribution in [0, 0.1) is 12.3 Å². The summed E-state index contributed by atoms with van der Waals surface area (Å²) in [5, 5.41) is 8.81. The van der Waals surface area contributed by atoms with Crippen LogP contribution in [0.1, 0.15) is 16.2 Å². The van der Waals surface area contributed by atoms with Gasteiger partial charge in [0.2, 0.25) is 5.78 Å². The second kappa shape index (κ2) is 2.64. The fourth-order valence-electron chi connectivity index (χ4n) is 1.32. The second-order valence-corrected chi connectivity index (χ2v) is 2.86. The van der Waals surface area contributed by atoms with Gasteiger partial charge in [0.25, 0.3) is 0 Å². The number of aryl methyl sites for hydroxylation is 1. The second-order valence-electron chi connectivity index (χ2n) is 2.86. The third-order valence-electron chi connectivity index (χ3n) is 2.00. The van der Waals surface area contributed by atoms with Gasteiger partial charge in [-0.3, -0.25) is 4.40 Å². The summed E-state index contributed by atoms with van der Waals surface area (Å²) in [6.45, 7) is 0. The Morgan fingerprint density at radius 2 is 2.36 bits per heavy atom. The SMILES string of the molecule is C#Cc1cn2cc(C(=O)O)n(C)c2n1.